The summed E-state index contributed by atoms with van der Waals surface area (Å²) in [6, 6.07) is 10.3. The van der Waals surface area contributed by atoms with Gasteiger partial charge < -0.3 is 5.32 Å². The summed E-state index contributed by atoms with van der Waals surface area (Å²) < 4.78 is 22.4. The number of hydrogen-bond donors (Lipinski definition) is 2. The Hall–Kier alpha value is -2.18. The van der Waals surface area contributed by atoms with Crippen LogP contribution < -0.4 is 10.5 Å². The molecule has 0 aliphatic rings. The molecule has 0 saturated heterocycles. The standard InChI is InChI=1S/C18H22N2O3S/c1-12-10-14(3)17(11-13(12)2)18(21)20-9-8-15-4-6-16(7-5-15)24(19,22)23/h4-7,10-11H,8-9H2,1-3H3,(H,20,21)(H2,19,22,23). The van der Waals surface area contributed by atoms with Gasteiger partial charge in [0.15, 0.2) is 0 Å². The first-order valence-corrected chi connectivity index (χ1v) is 9.21. The maximum Gasteiger partial charge on any atom is 0.251 e. The van der Waals surface area contributed by atoms with Crippen molar-refractivity contribution in [3.8, 4) is 0 Å². The smallest absolute Gasteiger partial charge is 0.251 e. The van der Waals surface area contributed by atoms with Crippen LogP contribution in [0.2, 0.25) is 0 Å². The van der Waals surface area contributed by atoms with E-state index in [0.717, 1.165) is 16.7 Å². The Kier molecular flexibility index (Phi) is 5.41. The molecule has 0 fully saturated rings. The van der Waals surface area contributed by atoms with Crippen LogP contribution in [0.3, 0.4) is 0 Å². The van der Waals surface area contributed by atoms with Gasteiger partial charge in [0, 0.05) is 12.1 Å². The van der Waals surface area contributed by atoms with E-state index in [4.69, 9.17) is 5.14 Å². The van der Waals surface area contributed by atoms with Crippen LogP contribution in [-0.2, 0) is 16.4 Å². The molecule has 2 rings (SSSR count). The first-order valence-electron chi connectivity index (χ1n) is 7.66. The van der Waals surface area contributed by atoms with Crippen LogP contribution in [0.15, 0.2) is 41.3 Å². The third kappa shape index (κ3) is 4.43. The number of aryl methyl sites for hydroxylation is 3. The molecule has 0 heterocycles. The predicted molar refractivity (Wildman–Crippen MR) is 94.5 cm³/mol. The third-order valence-electron chi connectivity index (χ3n) is 4.04. The van der Waals surface area contributed by atoms with Crippen molar-refractivity contribution in [2.75, 3.05) is 6.54 Å². The van der Waals surface area contributed by atoms with E-state index in [1.807, 2.05) is 32.9 Å². The molecule has 0 radical (unpaired) electrons. The zero-order valence-corrected chi connectivity index (χ0v) is 14.9. The summed E-state index contributed by atoms with van der Waals surface area (Å²) in [4.78, 5) is 12.4. The Labute approximate surface area is 142 Å². The Bertz CT molecular complexity index is 857. The number of amides is 1. The highest BCUT2D eigenvalue weighted by molar-refractivity contribution is 7.89. The van der Waals surface area contributed by atoms with E-state index in [0.29, 0.717) is 18.5 Å². The lowest BCUT2D eigenvalue weighted by Gasteiger charge is -2.10. The average molecular weight is 346 g/mol. The molecule has 0 spiro atoms. The second kappa shape index (κ2) is 7.15. The highest BCUT2D eigenvalue weighted by atomic mass is 32.2. The Balaban J connectivity index is 1.97. The summed E-state index contributed by atoms with van der Waals surface area (Å²) in [5, 5.41) is 7.96. The lowest BCUT2D eigenvalue weighted by molar-refractivity contribution is 0.0953. The largest absolute Gasteiger partial charge is 0.352 e. The Morgan fingerprint density at radius 1 is 1.00 bits per heavy atom. The highest BCUT2D eigenvalue weighted by Crippen LogP contribution is 2.15. The molecule has 0 unspecified atom stereocenters. The maximum atomic E-state index is 12.3. The summed E-state index contributed by atoms with van der Waals surface area (Å²) >= 11 is 0. The molecule has 128 valence electrons. The summed E-state index contributed by atoms with van der Waals surface area (Å²) in [5.74, 6) is -0.100. The van der Waals surface area contributed by atoms with Crippen molar-refractivity contribution in [3.05, 3.63) is 64.2 Å². The first-order chi connectivity index (χ1) is 11.2. The summed E-state index contributed by atoms with van der Waals surface area (Å²) in [7, 11) is -3.67. The number of nitrogens with one attached hydrogen (secondary N) is 1. The minimum absolute atomic E-state index is 0.0843. The molecule has 0 aromatic heterocycles. The number of primary sulfonamides is 1. The fourth-order valence-electron chi connectivity index (χ4n) is 2.47. The fourth-order valence-corrected chi connectivity index (χ4v) is 2.98. The predicted octanol–water partition coefficient (Wildman–Crippen LogP) is 2.23. The molecule has 6 heteroatoms. The lowest BCUT2D eigenvalue weighted by atomic mass is 10.0. The molecule has 2 aromatic carbocycles. The number of rotatable bonds is 5. The van der Waals surface area contributed by atoms with Crippen LogP contribution in [0.25, 0.3) is 0 Å². The normalized spacial score (nSPS) is 11.3. The van der Waals surface area contributed by atoms with Crippen molar-refractivity contribution < 1.29 is 13.2 Å². The van der Waals surface area contributed by atoms with Gasteiger partial charge >= 0.3 is 0 Å². The SMILES string of the molecule is Cc1cc(C)c(C(=O)NCCc2ccc(S(N)(=O)=O)cc2)cc1C. The van der Waals surface area contributed by atoms with E-state index in [9.17, 15) is 13.2 Å². The van der Waals surface area contributed by atoms with Crippen LogP contribution in [0.1, 0.15) is 32.6 Å². The van der Waals surface area contributed by atoms with Gasteiger partial charge in [-0.3, -0.25) is 4.79 Å². The molecule has 1 amide bonds. The fraction of sp³-hybridized carbons (Fsp3) is 0.278. The second-order valence-electron chi connectivity index (χ2n) is 5.95. The average Bonchev–Trinajstić information content (AvgIpc) is 2.50. The van der Waals surface area contributed by atoms with Crippen LogP contribution in [0.5, 0.6) is 0 Å². The summed E-state index contributed by atoms with van der Waals surface area (Å²) in [6.07, 6.45) is 0.612. The molecule has 0 aliphatic carbocycles. The van der Waals surface area contributed by atoms with Crippen molar-refractivity contribution >= 4 is 15.9 Å². The quantitative estimate of drug-likeness (QED) is 0.870. The van der Waals surface area contributed by atoms with Crippen LogP contribution >= 0.6 is 0 Å². The zero-order valence-electron chi connectivity index (χ0n) is 14.1. The van der Waals surface area contributed by atoms with Gasteiger partial charge in [-0.2, -0.15) is 0 Å². The van der Waals surface area contributed by atoms with Gasteiger partial charge in [-0.05, 0) is 67.6 Å². The Morgan fingerprint density at radius 2 is 1.58 bits per heavy atom. The van der Waals surface area contributed by atoms with Crippen molar-refractivity contribution in [1.82, 2.24) is 5.32 Å². The monoisotopic (exact) mass is 346 g/mol. The number of hydrogen-bond acceptors (Lipinski definition) is 3. The second-order valence-corrected chi connectivity index (χ2v) is 7.51. The molecule has 24 heavy (non-hydrogen) atoms. The van der Waals surface area contributed by atoms with Crippen LogP contribution in [0, 0.1) is 20.8 Å². The number of carbonyl (C=O) groups excluding carboxylic acids is 1. The number of sulfonamides is 1. The van der Waals surface area contributed by atoms with E-state index < -0.39 is 10.0 Å². The van der Waals surface area contributed by atoms with Gasteiger partial charge in [0.05, 0.1) is 4.90 Å². The van der Waals surface area contributed by atoms with Crippen molar-refractivity contribution in [1.29, 1.82) is 0 Å². The minimum atomic E-state index is -3.67. The molecule has 0 aliphatic heterocycles. The molecular formula is C18H22N2O3S. The van der Waals surface area contributed by atoms with E-state index in [1.54, 1.807) is 12.1 Å². The van der Waals surface area contributed by atoms with Gasteiger partial charge in [-0.15, -0.1) is 0 Å². The van der Waals surface area contributed by atoms with E-state index in [-0.39, 0.29) is 10.8 Å². The van der Waals surface area contributed by atoms with E-state index in [2.05, 4.69) is 5.32 Å². The minimum Gasteiger partial charge on any atom is -0.352 e. The van der Waals surface area contributed by atoms with Gasteiger partial charge in [0.1, 0.15) is 0 Å². The molecule has 2 aromatic rings. The van der Waals surface area contributed by atoms with Crippen LogP contribution in [-0.4, -0.2) is 20.9 Å². The van der Waals surface area contributed by atoms with E-state index >= 15 is 0 Å². The zero-order chi connectivity index (χ0) is 17.9. The van der Waals surface area contributed by atoms with Gasteiger partial charge in [-0.1, -0.05) is 18.2 Å². The van der Waals surface area contributed by atoms with Gasteiger partial charge in [-0.25, -0.2) is 13.6 Å². The topological polar surface area (TPSA) is 89.3 Å². The highest BCUT2D eigenvalue weighted by Gasteiger charge is 2.10. The molecule has 0 atom stereocenters. The van der Waals surface area contributed by atoms with Gasteiger partial charge in [0.25, 0.3) is 5.91 Å². The van der Waals surface area contributed by atoms with E-state index in [1.165, 1.54) is 17.7 Å². The lowest BCUT2D eigenvalue weighted by Crippen LogP contribution is -2.26. The molecule has 0 bridgehead atoms. The number of nitrogens with two attached hydrogens (primary N) is 1. The van der Waals surface area contributed by atoms with Crippen molar-refractivity contribution in [3.63, 3.8) is 0 Å². The summed E-state index contributed by atoms with van der Waals surface area (Å²) in [5.41, 5.74) is 4.82. The number of carbonyl (C=O) groups is 1. The Morgan fingerprint density at radius 3 is 2.17 bits per heavy atom. The number of benzene rings is 2. The van der Waals surface area contributed by atoms with Crippen molar-refractivity contribution in [2.45, 2.75) is 32.1 Å². The summed E-state index contributed by atoms with van der Waals surface area (Å²) in [6.45, 7) is 6.40. The first kappa shape index (κ1) is 18.2. The molecule has 3 N–H and O–H groups in total. The third-order valence-corrected chi connectivity index (χ3v) is 4.97. The molecule has 5 nitrogen and oxygen atoms in total. The maximum absolute atomic E-state index is 12.3. The van der Waals surface area contributed by atoms with Gasteiger partial charge in [0.2, 0.25) is 10.0 Å². The van der Waals surface area contributed by atoms with Crippen LogP contribution in [0.4, 0.5) is 0 Å². The molecule has 0 saturated carbocycles. The molecular weight excluding hydrogens is 324 g/mol. The van der Waals surface area contributed by atoms with Crippen molar-refractivity contribution in [2.24, 2.45) is 5.14 Å².